The number of ether oxygens (including phenoxy) is 1. The van der Waals surface area contributed by atoms with Crippen molar-refractivity contribution in [3.63, 3.8) is 0 Å². The fraction of sp³-hybridized carbons (Fsp3) is 0.280. The number of benzene rings is 2. The molecule has 0 spiro atoms. The van der Waals surface area contributed by atoms with Crippen molar-refractivity contribution in [3.8, 4) is 11.3 Å². The van der Waals surface area contributed by atoms with E-state index in [1.54, 1.807) is 41.2 Å². The number of nitrogens with one attached hydrogen (secondary N) is 2. The molecule has 35 heavy (non-hydrogen) atoms. The van der Waals surface area contributed by atoms with Crippen LogP contribution in [0.4, 0.5) is 19.3 Å². The summed E-state index contributed by atoms with van der Waals surface area (Å²) in [4.78, 5) is 24.5. The first-order valence-corrected chi connectivity index (χ1v) is 11.1. The van der Waals surface area contributed by atoms with Crippen molar-refractivity contribution in [1.82, 2.24) is 15.1 Å². The number of carbonyl (C=O) groups excluding carboxylic acids is 2. The lowest BCUT2D eigenvalue weighted by molar-refractivity contribution is -0.119. The Bertz CT molecular complexity index is 1280. The first kappa shape index (κ1) is 24.1. The molecular weight excluding hydrogens is 456 g/mol. The molecule has 2 N–H and O–H groups in total. The van der Waals surface area contributed by atoms with E-state index in [-0.39, 0.29) is 48.6 Å². The first-order chi connectivity index (χ1) is 16.7. The Kier molecular flexibility index (Phi) is 6.90. The SMILES string of the molecule is CC(=O)NC[C@H]1CN(c2ccc(C(=N)CC(C)n3ccc(-c4ccccc4F)n3)c(F)c2)C(=O)O1. The summed E-state index contributed by atoms with van der Waals surface area (Å²) in [5.41, 5.74) is 1.35. The molecule has 2 amide bonds. The molecule has 2 atom stereocenters. The fourth-order valence-electron chi connectivity index (χ4n) is 3.91. The number of carbonyl (C=O) groups is 2. The van der Waals surface area contributed by atoms with Crippen molar-refractivity contribution in [1.29, 1.82) is 5.41 Å². The lowest BCUT2D eigenvalue weighted by atomic mass is 10.0. The van der Waals surface area contributed by atoms with E-state index in [0.29, 0.717) is 16.9 Å². The zero-order chi connectivity index (χ0) is 25.1. The van der Waals surface area contributed by atoms with Gasteiger partial charge in [-0.25, -0.2) is 13.6 Å². The van der Waals surface area contributed by atoms with E-state index in [1.165, 1.54) is 30.0 Å². The molecular formula is C25H25F2N5O3. The number of halogens is 2. The van der Waals surface area contributed by atoms with Gasteiger partial charge in [0.15, 0.2) is 0 Å². The summed E-state index contributed by atoms with van der Waals surface area (Å²) in [5, 5.41) is 15.4. The van der Waals surface area contributed by atoms with Gasteiger partial charge in [0.05, 0.1) is 30.5 Å². The molecule has 0 bridgehead atoms. The van der Waals surface area contributed by atoms with Crippen molar-refractivity contribution in [2.75, 3.05) is 18.0 Å². The van der Waals surface area contributed by atoms with E-state index in [0.717, 1.165) is 0 Å². The van der Waals surface area contributed by atoms with Crippen molar-refractivity contribution < 1.29 is 23.1 Å². The Morgan fingerprint density at radius 2 is 2.00 bits per heavy atom. The maximum Gasteiger partial charge on any atom is 0.414 e. The summed E-state index contributed by atoms with van der Waals surface area (Å²) >= 11 is 0. The zero-order valence-corrected chi connectivity index (χ0v) is 19.3. The molecule has 1 aliphatic rings. The highest BCUT2D eigenvalue weighted by atomic mass is 19.1. The van der Waals surface area contributed by atoms with Crippen LogP contribution in [-0.4, -0.2) is 46.7 Å². The highest BCUT2D eigenvalue weighted by Crippen LogP contribution is 2.26. The van der Waals surface area contributed by atoms with E-state index in [1.807, 2.05) is 6.92 Å². The number of hydrogen-bond acceptors (Lipinski definition) is 5. The number of nitrogens with zero attached hydrogens (tertiary/aromatic N) is 3. The maximum absolute atomic E-state index is 14.9. The Balaban J connectivity index is 1.42. The molecule has 1 saturated heterocycles. The molecule has 0 radical (unpaired) electrons. The maximum atomic E-state index is 14.9. The lowest BCUT2D eigenvalue weighted by Gasteiger charge is -2.16. The Morgan fingerprint density at radius 3 is 2.71 bits per heavy atom. The second-order valence-electron chi connectivity index (χ2n) is 8.41. The molecule has 182 valence electrons. The van der Waals surface area contributed by atoms with Crippen LogP contribution in [0.5, 0.6) is 0 Å². The highest BCUT2D eigenvalue weighted by molar-refractivity contribution is 5.99. The second kappa shape index (κ2) is 10.0. The van der Waals surface area contributed by atoms with Crippen LogP contribution in [0.25, 0.3) is 11.3 Å². The van der Waals surface area contributed by atoms with Gasteiger partial charge in [-0.05, 0) is 43.3 Å². The average Bonchev–Trinajstić information content (AvgIpc) is 3.45. The lowest BCUT2D eigenvalue weighted by Crippen LogP contribution is -2.33. The van der Waals surface area contributed by atoms with Gasteiger partial charge in [0, 0.05) is 36.4 Å². The third-order valence-corrected chi connectivity index (χ3v) is 5.75. The summed E-state index contributed by atoms with van der Waals surface area (Å²) in [6, 6.07) is 12.0. The third kappa shape index (κ3) is 5.37. The summed E-state index contributed by atoms with van der Waals surface area (Å²) in [6.07, 6.45) is 0.742. The van der Waals surface area contributed by atoms with Crippen LogP contribution in [-0.2, 0) is 9.53 Å². The Labute approximate surface area is 201 Å². The Morgan fingerprint density at radius 1 is 1.23 bits per heavy atom. The predicted octanol–water partition coefficient (Wildman–Crippen LogP) is 4.31. The first-order valence-electron chi connectivity index (χ1n) is 11.1. The molecule has 0 aliphatic carbocycles. The molecule has 8 nitrogen and oxygen atoms in total. The normalized spacial score (nSPS) is 16.2. The number of aromatic nitrogens is 2. The molecule has 3 aromatic rings. The van der Waals surface area contributed by atoms with Crippen LogP contribution in [0.3, 0.4) is 0 Å². The largest absolute Gasteiger partial charge is 0.442 e. The minimum Gasteiger partial charge on any atom is -0.442 e. The van der Waals surface area contributed by atoms with Crippen LogP contribution in [0, 0.1) is 17.0 Å². The van der Waals surface area contributed by atoms with Gasteiger partial charge in [-0.1, -0.05) is 12.1 Å². The molecule has 1 unspecified atom stereocenters. The van der Waals surface area contributed by atoms with Crippen LogP contribution < -0.4 is 10.2 Å². The predicted molar refractivity (Wildman–Crippen MR) is 126 cm³/mol. The van der Waals surface area contributed by atoms with Gasteiger partial charge in [-0.2, -0.15) is 5.10 Å². The zero-order valence-electron chi connectivity index (χ0n) is 19.3. The van der Waals surface area contributed by atoms with Crippen molar-refractivity contribution in [2.24, 2.45) is 0 Å². The Hall–Kier alpha value is -4.08. The quantitative estimate of drug-likeness (QED) is 0.468. The third-order valence-electron chi connectivity index (χ3n) is 5.75. The molecule has 10 heteroatoms. The van der Waals surface area contributed by atoms with E-state index < -0.39 is 18.0 Å². The van der Waals surface area contributed by atoms with Crippen LogP contribution >= 0.6 is 0 Å². The highest BCUT2D eigenvalue weighted by Gasteiger charge is 2.32. The van der Waals surface area contributed by atoms with Crippen LogP contribution in [0.2, 0.25) is 0 Å². The molecule has 2 aromatic carbocycles. The van der Waals surface area contributed by atoms with Gasteiger partial charge in [0.2, 0.25) is 5.91 Å². The topological polar surface area (TPSA) is 100 Å². The number of hydrogen-bond donors (Lipinski definition) is 2. The van der Waals surface area contributed by atoms with E-state index in [2.05, 4.69) is 10.4 Å². The van der Waals surface area contributed by atoms with Crippen molar-refractivity contribution >= 4 is 23.4 Å². The molecule has 1 aliphatic heterocycles. The van der Waals surface area contributed by atoms with Gasteiger partial charge in [-0.15, -0.1) is 0 Å². The molecule has 2 heterocycles. The minimum atomic E-state index is -0.634. The summed E-state index contributed by atoms with van der Waals surface area (Å²) in [6.45, 7) is 3.56. The molecule has 1 aromatic heterocycles. The monoisotopic (exact) mass is 481 g/mol. The number of rotatable bonds is 8. The molecule has 1 fully saturated rings. The number of amides is 2. The van der Waals surface area contributed by atoms with Gasteiger partial charge < -0.3 is 15.5 Å². The molecule has 4 rings (SSSR count). The van der Waals surface area contributed by atoms with Crippen LogP contribution in [0.15, 0.2) is 54.7 Å². The van der Waals surface area contributed by atoms with Crippen molar-refractivity contribution in [3.05, 3.63) is 71.9 Å². The second-order valence-corrected chi connectivity index (χ2v) is 8.41. The minimum absolute atomic E-state index is 0.0667. The van der Waals surface area contributed by atoms with E-state index >= 15 is 0 Å². The van der Waals surface area contributed by atoms with E-state index in [9.17, 15) is 18.4 Å². The van der Waals surface area contributed by atoms with E-state index in [4.69, 9.17) is 10.1 Å². The standard InChI is InChI=1S/C25H25F2N5O3/c1-15(32-10-9-24(30-32)20-5-3-4-6-21(20)26)11-23(28)19-8-7-17(12-22(19)27)31-14-18(35-25(31)34)13-29-16(2)33/h3-10,12,15,18,28H,11,13-14H2,1-2H3,(H,29,33)/t15?,18-/m0/s1. The smallest absolute Gasteiger partial charge is 0.414 e. The van der Waals surface area contributed by atoms with Gasteiger partial charge in [-0.3, -0.25) is 14.4 Å². The van der Waals surface area contributed by atoms with Crippen molar-refractivity contribution in [2.45, 2.75) is 32.4 Å². The summed E-state index contributed by atoms with van der Waals surface area (Å²) < 4.78 is 35.8. The average molecular weight is 482 g/mol. The van der Waals surface area contributed by atoms with Gasteiger partial charge >= 0.3 is 6.09 Å². The number of cyclic esters (lactones) is 1. The number of anilines is 1. The van der Waals surface area contributed by atoms with Gasteiger partial charge in [0.1, 0.15) is 17.7 Å². The summed E-state index contributed by atoms with van der Waals surface area (Å²) in [5.74, 6) is -1.24. The molecule has 0 saturated carbocycles. The summed E-state index contributed by atoms with van der Waals surface area (Å²) in [7, 11) is 0. The van der Waals surface area contributed by atoms with Gasteiger partial charge in [0.25, 0.3) is 0 Å². The fourth-order valence-corrected chi connectivity index (χ4v) is 3.91. The van der Waals surface area contributed by atoms with Crippen LogP contribution in [0.1, 0.15) is 31.9 Å².